The van der Waals surface area contributed by atoms with E-state index >= 15 is 0 Å². The number of H-pyrrole nitrogens is 1. The number of anilines is 1. The van der Waals surface area contributed by atoms with Crippen LogP contribution in [0.5, 0.6) is 5.75 Å². The van der Waals surface area contributed by atoms with Gasteiger partial charge in [-0.1, -0.05) is 29.8 Å². The Morgan fingerprint density at radius 3 is 2.74 bits per heavy atom. The van der Waals surface area contributed by atoms with Crippen molar-refractivity contribution >= 4 is 28.3 Å². The van der Waals surface area contributed by atoms with E-state index < -0.39 is 0 Å². The fourth-order valence-corrected chi connectivity index (χ4v) is 2.05. The van der Waals surface area contributed by atoms with Crippen molar-refractivity contribution in [1.82, 2.24) is 10.2 Å². The molecule has 0 spiro atoms. The first-order chi connectivity index (χ1) is 9.24. The van der Waals surface area contributed by atoms with Crippen LogP contribution in [0.1, 0.15) is 5.56 Å². The van der Waals surface area contributed by atoms with Crippen LogP contribution in [0.15, 0.2) is 42.5 Å². The lowest BCUT2D eigenvalue weighted by Crippen LogP contribution is -1.96. The topological polar surface area (TPSA) is 63.9 Å². The number of nitrogen functional groups attached to an aromatic ring is 1. The number of aromatic nitrogens is 2. The number of benzene rings is 2. The summed E-state index contributed by atoms with van der Waals surface area (Å²) in [6, 6.07) is 13.2. The monoisotopic (exact) mass is 273 g/mol. The van der Waals surface area contributed by atoms with Crippen LogP contribution in [0.2, 0.25) is 5.02 Å². The first kappa shape index (κ1) is 11.9. The van der Waals surface area contributed by atoms with Crippen molar-refractivity contribution in [1.29, 1.82) is 0 Å². The third-order valence-corrected chi connectivity index (χ3v) is 3.14. The number of nitrogens with zero attached hydrogens (tertiary/aromatic N) is 1. The van der Waals surface area contributed by atoms with Gasteiger partial charge in [0.2, 0.25) is 0 Å². The Labute approximate surface area is 115 Å². The number of hydrogen-bond acceptors (Lipinski definition) is 3. The lowest BCUT2D eigenvalue weighted by molar-refractivity contribution is 0.310. The van der Waals surface area contributed by atoms with Gasteiger partial charge in [0.15, 0.2) is 5.82 Å². The highest BCUT2D eigenvalue weighted by molar-refractivity contribution is 6.30. The van der Waals surface area contributed by atoms with Gasteiger partial charge in [0.05, 0.1) is 10.9 Å². The molecular weight excluding hydrogens is 262 g/mol. The lowest BCUT2D eigenvalue weighted by Gasteiger charge is -2.07. The molecule has 0 aliphatic heterocycles. The van der Waals surface area contributed by atoms with Crippen LogP contribution in [-0.2, 0) is 6.61 Å². The number of aromatic amines is 1. The molecule has 4 nitrogen and oxygen atoms in total. The molecule has 0 atom stereocenters. The number of rotatable bonds is 3. The molecular formula is C14H12ClN3O. The molecule has 96 valence electrons. The summed E-state index contributed by atoms with van der Waals surface area (Å²) in [7, 11) is 0. The molecule has 1 heterocycles. The molecule has 0 saturated heterocycles. The second-order valence-electron chi connectivity index (χ2n) is 4.20. The minimum atomic E-state index is 0.446. The lowest BCUT2D eigenvalue weighted by atomic mass is 10.2. The summed E-state index contributed by atoms with van der Waals surface area (Å²) in [6.45, 7) is 0.459. The summed E-state index contributed by atoms with van der Waals surface area (Å²) in [6.07, 6.45) is 0. The van der Waals surface area contributed by atoms with E-state index in [-0.39, 0.29) is 0 Å². The largest absolute Gasteiger partial charge is 0.488 e. The Kier molecular flexibility index (Phi) is 3.01. The molecule has 0 aliphatic carbocycles. The van der Waals surface area contributed by atoms with E-state index in [2.05, 4.69) is 10.2 Å². The van der Waals surface area contributed by atoms with Crippen molar-refractivity contribution in [3.8, 4) is 5.75 Å². The molecule has 0 bridgehead atoms. The van der Waals surface area contributed by atoms with Crippen LogP contribution in [-0.4, -0.2) is 10.2 Å². The molecule has 0 unspecified atom stereocenters. The number of halogens is 1. The molecule has 5 heteroatoms. The minimum Gasteiger partial charge on any atom is -0.488 e. The maximum Gasteiger partial charge on any atom is 0.156 e. The Morgan fingerprint density at radius 1 is 1.16 bits per heavy atom. The zero-order valence-corrected chi connectivity index (χ0v) is 10.8. The summed E-state index contributed by atoms with van der Waals surface area (Å²) in [5.74, 6) is 1.17. The Balaban J connectivity index is 1.85. The molecule has 3 aromatic rings. The smallest absolute Gasteiger partial charge is 0.156 e. The van der Waals surface area contributed by atoms with Crippen molar-refractivity contribution in [3.05, 3.63) is 53.1 Å². The van der Waals surface area contributed by atoms with Gasteiger partial charge in [-0.25, -0.2) is 0 Å². The predicted octanol–water partition coefficient (Wildman–Crippen LogP) is 3.38. The number of hydrogen-bond donors (Lipinski definition) is 2. The van der Waals surface area contributed by atoms with Gasteiger partial charge in [-0.15, -0.1) is 0 Å². The maximum atomic E-state index is 5.84. The Bertz CT molecular complexity index is 706. The highest BCUT2D eigenvalue weighted by Gasteiger charge is 2.08. The van der Waals surface area contributed by atoms with Crippen LogP contribution in [0.3, 0.4) is 0 Å². The third-order valence-electron chi connectivity index (χ3n) is 2.89. The van der Waals surface area contributed by atoms with Crippen LogP contribution < -0.4 is 10.5 Å². The highest BCUT2D eigenvalue weighted by atomic mass is 35.5. The number of nitrogens with one attached hydrogen (secondary N) is 1. The maximum absolute atomic E-state index is 5.84. The van der Waals surface area contributed by atoms with E-state index in [0.717, 1.165) is 22.2 Å². The molecule has 0 amide bonds. The molecule has 1 aromatic heterocycles. The standard InChI is InChI=1S/C14H12ClN3O/c15-10-6-4-9(5-7-10)8-19-12-3-1-2-11-13(12)14(16)18-17-11/h1-7H,8H2,(H3,16,17,18). The van der Waals surface area contributed by atoms with E-state index in [4.69, 9.17) is 22.1 Å². The molecule has 0 aliphatic rings. The normalized spacial score (nSPS) is 10.8. The van der Waals surface area contributed by atoms with Gasteiger partial charge in [-0.2, -0.15) is 5.10 Å². The zero-order chi connectivity index (χ0) is 13.2. The van der Waals surface area contributed by atoms with Gasteiger partial charge in [0.1, 0.15) is 12.4 Å². The van der Waals surface area contributed by atoms with Crippen LogP contribution in [0.4, 0.5) is 5.82 Å². The van der Waals surface area contributed by atoms with Crippen molar-refractivity contribution in [2.45, 2.75) is 6.61 Å². The van der Waals surface area contributed by atoms with Gasteiger partial charge in [-0.3, -0.25) is 5.10 Å². The van der Waals surface area contributed by atoms with Crippen molar-refractivity contribution < 1.29 is 4.74 Å². The van der Waals surface area contributed by atoms with Crippen LogP contribution in [0.25, 0.3) is 10.9 Å². The van der Waals surface area contributed by atoms with Gasteiger partial charge in [-0.05, 0) is 29.8 Å². The first-order valence-corrected chi connectivity index (χ1v) is 6.21. The summed E-state index contributed by atoms with van der Waals surface area (Å²) in [4.78, 5) is 0. The molecule has 2 aromatic carbocycles. The molecule has 3 N–H and O–H groups in total. The number of ether oxygens (including phenoxy) is 1. The Morgan fingerprint density at radius 2 is 1.95 bits per heavy atom. The van der Waals surface area contributed by atoms with Crippen molar-refractivity contribution in [2.24, 2.45) is 0 Å². The quantitative estimate of drug-likeness (QED) is 0.769. The summed E-state index contributed by atoms with van der Waals surface area (Å²) in [5, 5.41) is 8.37. The van der Waals surface area contributed by atoms with Gasteiger partial charge < -0.3 is 10.5 Å². The molecule has 0 fully saturated rings. The van der Waals surface area contributed by atoms with E-state index in [0.29, 0.717) is 17.4 Å². The van der Waals surface area contributed by atoms with Gasteiger partial charge >= 0.3 is 0 Å². The second-order valence-corrected chi connectivity index (χ2v) is 4.64. The minimum absolute atomic E-state index is 0.446. The Hall–Kier alpha value is -2.20. The van der Waals surface area contributed by atoms with Gasteiger partial charge in [0, 0.05) is 5.02 Å². The average Bonchev–Trinajstić information content (AvgIpc) is 2.81. The summed E-state index contributed by atoms with van der Waals surface area (Å²) < 4.78 is 5.80. The average molecular weight is 274 g/mol. The van der Waals surface area contributed by atoms with E-state index in [9.17, 15) is 0 Å². The van der Waals surface area contributed by atoms with Crippen LogP contribution in [0, 0.1) is 0 Å². The van der Waals surface area contributed by atoms with Crippen LogP contribution >= 0.6 is 11.6 Å². The number of nitrogens with two attached hydrogens (primary N) is 1. The van der Waals surface area contributed by atoms with E-state index in [1.165, 1.54) is 0 Å². The second kappa shape index (κ2) is 4.82. The van der Waals surface area contributed by atoms with Gasteiger partial charge in [0.25, 0.3) is 0 Å². The summed E-state index contributed by atoms with van der Waals surface area (Å²) in [5.41, 5.74) is 7.74. The highest BCUT2D eigenvalue weighted by Crippen LogP contribution is 2.29. The van der Waals surface area contributed by atoms with E-state index in [1.807, 2.05) is 42.5 Å². The fraction of sp³-hybridized carbons (Fsp3) is 0.0714. The zero-order valence-electron chi connectivity index (χ0n) is 10.1. The fourth-order valence-electron chi connectivity index (χ4n) is 1.93. The van der Waals surface area contributed by atoms with Crippen molar-refractivity contribution in [3.63, 3.8) is 0 Å². The molecule has 0 radical (unpaired) electrons. The van der Waals surface area contributed by atoms with E-state index in [1.54, 1.807) is 0 Å². The predicted molar refractivity (Wildman–Crippen MR) is 76.3 cm³/mol. The summed E-state index contributed by atoms with van der Waals surface area (Å²) >= 11 is 5.84. The first-order valence-electron chi connectivity index (χ1n) is 5.84. The molecule has 3 rings (SSSR count). The third kappa shape index (κ3) is 2.35. The molecule has 19 heavy (non-hydrogen) atoms. The SMILES string of the molecule is Nc1n[nH]c2cccc(OCc3ccc(Cl)cc3)c12. The molecule has 0 saturated carbocycles. The number of fused-ring (bicyclic) bond motifs is 1. The van der Waals surface area contributed by atoms with Crippen molar-refractivity contribution in [2.75, 3.05) is 5.73 Å².